The van der Waals surface area contributed by atoms with Crippen molar-refractivity contribution >= 4 is 17.5 Å². The number of carbonyl (C=O) groups excluding carboxylic acids is 2. The predicted molar refractivity (Wildman–Crippen MR) is 105 cm³/mol. The summed E-state index contributed by atoms with van der Waals surface area (Å²) >= 11 is 0. The van der Waals surface area contributed by atoms with Gasteiger partial charge in [0.25, 0.3) is 11.8 Å². The van der Waals surface area contributed by atoms with E-state index in [4.69, 9.17) is 9.47 Å². The quantitative estimate of drug-likeness (QED) is 0.665. The number of methoxy groups -OCH3 is 1. The summed E-state index contributed by atoms with van der Waals surface area (Å²) in [5.41, 5.74) is 2.08. The lowest BCUT2D eigenvalue weighted by Crippen LogP contribution is -2.32. The minimum atomic E-state index is -0.619. The summed E-state index contributed by atoms with van der Waals surface area (Å²) in [5.74, 6) is 0.186. The lowest BCUT2D eigenvalue weighted by atomic mass is 10.1. The number of ether oxygens (including phenoxy) is 2. The molecule has 0 fully saturated rings. The van der Waals surface area contributed by atoms with Crippen LogP contribution in [0.1, 0.15) is 29.3 Å². The van der Waals surface area contributed by atoms with Gasteiger partial charge >= 0.3 is 0 Å². The first-order valence-corrected chi connectivity index (χ1v) is 8.95. The van der Waals surface area contributed by atoms with Gasteiger partial charge in [-0.15, -0.1) is 0 Å². The van der Waals surface area contributed by atoms with E-state index < -0.39 is 6.10 Å². The highest BCUT2D eigenvalue weighted by Crippen LogP contribution is 2.17. The third-order valence-corrected chi connectivity index (χ3v) is 3.92. The zero-order valence-corrected chi connectivity index (χ0v) is 16.0. The fraction of sp³-hybridized carbons (Fsp3) is 0.333. The molecule has 2 rings (SSSR count). The van der Waals surface area contributed by atoms with Crippen molar-refractivity contribution in [1.82, 2.24) is 5.32 Å². The second kappa shape index (κ2) is 10.3. The summed E-state index contributed by atoms with van der Waals surface area (Å²) < 4.78 is 10.7. The number of anilines is 1. The minimum absolute atomic E-state index is 0.216. The van der Waals surface area contributed by atoms with Crippen molar-refractivity contribution in [3.8, 4) is 5.75 Å². The minimum Gasteiger partial charge on any atom is -0.481 e. The summed E-state index contributed by atoms with van der Waals surface area (Å²) in [5, 5.41) is 5.57. The topological polar surface area (TPSA) is 76.7 Å². The highest BCUT2D eigenvalue weighted by molar-refractivity contribution is 5.98. The van der Waals surface area contributed by atoms with Gasteiger partial charge in [-0.1, -0.05) is 25.1 Å². The van der Waals surface area contributed by atoms with Crippen LogP contribution in [0.3, 0.4) is 0 Å². The maximum absolute atomic E-state index is 12.6. The normalized spacial score (nSPS) is 11.5. The van der Waals surface area contributed by atoms with E-state index >= 15 is 0 Å². The second-order valence-electron chi connectivity index (χ2n) is 6.15. The van der Waals surface area contributed by atoms with Crippen LogP contribution in [0.4, 0.5) is 5.69 Å². The molecule has 0 aliphatic carbocycles. The number of carbonyl (C=O) groups is 2. The molecule has 2 aromatic carbocycles. The molecule has 0 heterocycles. The van der Waals surface area contributed by atoms with Crippen LogP contribution >= 0.6 is 0 Å². The average Bonchev–Trinajstić information content (AvgIpc) is 2.66. The van der Waals surface area contributed by atoms with E-state index in [2.05, 4.69) is 10.6 Å². The molecule has 1 unspecified atom stereocenters. The monoisotopic (exact) mass is 370 g/mol. The summed E-state index contributed by atoms with van der Waals surface area (Å²) in [6.45, 7) is 4.72. The molecule has 0 aromatic heterocycles. The molecule has 0 spiro atoms. The van der Waals surface area contributed by atoms with E-state index in [9.17, 15) is 9.59 Å². The van der Waals surface area contributed by atoms with Gasteiger partial charge in [-0.05, 0) is 49.2 Å². The smallest absolute Gasteiger partial charge is 0.265 e. The van der Waals surface area contributed by atoms with Crippen molar-refractivity contribution in [2.75, 3.05) is 25.6 Å². The van der Waals surface area contributed by atoms with E-state index in [0.29, 0.717) is 36.6 Å². The van der Waals surface area contributed by atoms with Gasteiger partial charge in [-0.3, -0.25) is 9.59 Å². The fourth-order valence-corrected chi connectivity index (χ4v) is 2.50. The number of rotatable bonds is 9. The number of aryl methyl sites for hydroxylation is 1. The molecule has 6 nitrogen and oxygen atoms in total. The van der Waals surface area contributed by atoms with Crippen molar-refractivity contribution in [3.63, 3.8) is 0 Å². The maximum Gasteiger partial charge on any atom is 0.265 e. The largest absolute Gasteiger partial charge is 0.481 e. The van der Waals surface area contributed by atoms with Crippen molar-refractivity contribution in [2.45, 2.75) is 26.4 Å². The Labute approximate surface area is 159 Å². The first-order chi connectivity index (χ1) is 13.0. The zero-order valence-electron chi connectivity index (χ0n) is 16.0. The molecule has 0 bridgehead atoms. The van der Waals surface area contributed by atoms with E-state index in [0.717, 1.165) is 5.56 Å². The first kappa shape index (κ1) is 20.5. The zero-order chi connectivity index (χ0) is 19.6. The Morgan fingerprint density at radius 3 is 2.59 bits per heavy atom. The average molecular weight is 370 g/mol. The SMILES string of the molecule is CCC(Oc1cccc(C)c1)C(=O)Nc1cccc(C(=O)NCCOC)c1. The van der Waals surface area contributed by atoms with Crippen LogP contribution in [0.2, 0.25) is 0 Å². The molecule has 2 N–H and O–H groups in total. The number of nitrogens with one attached hydrogen (secondary N) is 2. The molecule has 0 radical (unpaired) electrons. The predicted octanol–water partition coefficient (Wildman–Crippen LogP) is 3.17. The molecule has 1 atom stereocenters. The molecule has 0 aliphatic rings. The molecule has 2 amide bonds. The third kappa shape index (κ3) is 6.42. The number of hydrogen-bond acceptors (Lipinski definition) is 4. The van der Waals surface area contributed by atoms with E-state index in [1.54, 1.807) is 31.4 Å². The number of hydrogen-bond donors (Lipinski definition) is 2. The van der Waals surface area contributed by atoms with Crippen molar-refractivity contribution in [1.29, 1.82) is 0 Å². The highest BCUT2D eigenvalue weighted by Gasteiger charge is 2.19. The number of benzene rings is 2. The van der Waals surface area contributed by atoms with Crippen LogP contribution in [0.15, 0.2) is 48.5 Å². The van der Waals surface area contributed by atoms with E-state index in [-0.39, 0.29) is 11.8 Å². The Bertz CT molecular complexity index is 776. The van der Waals surface area contributed by atoms with Gasteiger partial charge in [0.05, 0.1) is 6.61 Å². The fourth-order valence-electron chi connectivity index (χ4n) is 2.50. The Morgan fingerprint density at radius 1 is 1.11 bits per heavy atom. The van der Waals surface area contributed by atoms with Crippen LogP contribution < -0.4 is 15.4 Å². The molecule has 0 saturated carbocycles. The maximum atomic E-state index is 12.6. The summed E-state index contributed by atoms with van der Waals surface area (Å²) in [7, 11) is 1.57. The van der Waals surface area contributed by atoms with E-state index in [1.165, 1.54) is 0 Å². The van der Waals surface area contributed by atoms with Crippen LogP contribution in [0, 0.1) is 6.92 Å². The van der Waals surface area contributed by atoms with Crippen LogP contribution in [-0.4, -0.2) is 38.2 Å². The molecule has 0 saturated heterocycles. The lowest BCUT2D eigenvalue weighted by Gasteiger charge is -2.18. The Morgan fingerprint density at radius 2 is 1.89 bits per heavy atom. The van der Waals surface area contributed by atoms with Crippen molar-refractivity contribution in [2.24, 2.45) is 0 Å². The third-order valence-electron chi connectivity index (χ3n) is 3.92. The Hall–Kier alpha value is -2.86. The molecule has 27 heavy (non-hydrogen) atoms. The van der Waals surface area contributed by atoms with Crippen LogP contribution in [0.5, 0.6) is 5.75 Å². The summed E-state index contributed by atoms with van der Waals surface area (Å²) in [6.07, 6.45) is -0.0947. The Balaban J connectivity index is 2.01. The molecule has 0 aliphatic heterocycles. The first-order valence-electron chi connectivity index (χ1n) is 8.95. The highest BCUT2D eigenvalue weighted by atomic mass is 16.5. The van der Waals surface area contributed by atoms with Crippen LogP contribution in [-0.2, 0) is 9.53 Å². The van der Waals surface area contributed by atoms with Gasteiger partial charge in [0, 0.05) is 24.9 Å². The van der Waals surface area contributed by atoms with Gasteiger partial charge in [-0.2, -0.15) is 0 Å². The van der Waals surface area contributed by atoms with Gasteiger partial charge in [0.1, 0.15) is 5.75 Å². The van der Waals surface area contributed by atoms with Gasteiger partial charge in [0.15, 0.2) is 6.10 Å². The van der Waals surface area contributed by atoms with Gasteiger partial charge in [-0.25, -0.2) is 0 Å². The molecular formula is C21H26N2O4. The Kier molecular flexibility index (Phi) is 7.82. The van der Waals surface area contributed by atoms with Crippen LogP contribution in [0.25, 0.3) is 0 Å². The van der Waals surface area contributed by atoms with Crippen molar-refractivity contribution in [3.05, 3.63) is 59.7 Å². The lowest BCUT2D eigenvalue weighted by molar-refractivity contribution is -0.122. The van der Waals surface area contributed by atoms with Crippen molar-refractivity contribution < 1.29 is 19.1 Å². The molecule has 6 heteroatoms. The second-order valence-corrected chi connectivity index (χ2v) is 6.15. The standard InChI is InChI=1S/C21H26N2O4/c1-4-19(27-18-10-5-7-15(2)13-18)21(25)23-17-9-6-8-16(14-17)20(24)22-11-12-26-3/h5-10,13-14,19H,4,11-12H2,1-3H3,(H,22,24)(H,23,25). The molecular weight excluding hydrogens is 344 g/mol. The summed E-state index contributed by atoms with van der Waals surface area (Å²) in [6, 6.07) is 14.4. The van der Waals surface area contributed by atoms with Gasteiger partial charge in [0.2, 0.25) is 0 Å². The summed E-state index contributed by atoms with van der Waals surface area (Å²) in [4.78, 5) is 24.7. The van der Waals surface area contributed by atoms with Gasteiger partial charge < -0.3 is 20.1 Å². The van der Waals surface area contributed by atoms with E-state index in [1.807, 2.05) is 38.1 Å². The number of amides is 2. The molecule has 2 aromatic rings. The molecule has 144 valence electrons.